The zero-order valence-electron chi connectivity index (χ0n) is 16.7. The first-order chi connectivity index (χ1) is 14.9. The molecule has 1 amide bonds. The molecule has 3 aromatic rings. The third kappa shape index (κ3) is 4.63. The van der Waals surface area contributed by atoms with Gasteiger partial charge >= 0.3 is 0 Å². The second-order valence-corrected chi connectivity index (χ2v) is 7.77. The molecule has 158 valence electrons. The number of hydrogen-bond acceptors (Lipinski definition) is 3. The van der Waals surface area contributed by atoms with E-state index in [9.17, 15) is 23.5 Å². The van der Waals surface area contributed by atoms with E-state index in [-0.39, 0.29) is 29.9 Å². The number of rotatable bonds is 5. The van der Waals surface area contributed by atoms with Crippen LogP contribution < -0.4 is 5.32 Å². The fraction of sp³-hybridized carbons (Fsp3) is 0.200. The topological polar surface area (TPSA) is 66.4 Å². The Morgan fingerprint density at radius 3 is 2.45 bits per heavy atom. The van der Waals surface area contributed by atoms with Crippen molar-refractivity contribution in [2.24, 2.45) is 5.92 Å². The largest absolute Gasteiger partial charge is 0.508 e. The van der Waals surface area contributed by atoms with Crippen molar-refractivity contribution in [1.29, 1.82) is 0 Å². The van der Waals surface area contributed by atoms with Crippen molar-refractivity contribution in [3.63, 3.8) is 0 Å². The summed E-state index contributed by atoms with van der Waals surface area (Å²) in [6.07, 6.45) is 2.03. The second kappa shape index (κ2) is 8.68. The number of aromatic hydroxyl groups is 1. The third-order valence-electron chi connectivity index (χ3n) is 5.62. The lowest BCUT2D eigenvalue weighted by atomic mass is 9.79. The summed E-state index contributed by atoms with van der Waals surface area (Å²) in [6, 6.07) is 15.4. The molecule has 4 rings (SSSR count). The Hall–Kier alpha value is -3.54. The number of phenolic OH excluding ortho intramolecular Hbond substituents is 1. The molecule has 2 N–H and O–H groups in total. The average Bonchev–Trinajstić information content (AvgIpc) is 2.77. The highest BCUT2D eigenvalue weighted by atomic mass is 19.2. The molecule has 1 aliphatic rings. The van der Waals surface area contributed by atoms with E-state index >= 15 is 0 Å². The van der Waals surface area contributed by atoms with Gasteiger partial charge in [-0.1, -0.05) is 18.2 Å². The zero-order valence-corrected chi connectivity index (χ0v) is 16.7. The van der Waals surface area contributed by atoms with Crippen LogP contribution in [0.15, 0.2) is 60.7 Å². The molecule has 4 nitrogen and oxygen atoms in total. The summed E-state index contributed by atoms with van der Waals surface area (Å²) in [6.45, 7) is 0.0866. The van der Waals surface area contributed by atoms with Crippen LogP contribution in [0.3, 0.4) is 0 Å². The first kappa shape index (κ1) is 20.7. The summed E-state index contributed by atoms with van der Waals surface area (Å²) in [5.74, 6) is -2.08. The number of benzene rings is 3. The van der Waals surface area contributed by atoms with Crippen molar-refractivity contribution in [3.8, 4) is 5.75 Å². The lowest BCUT2D eigenvalue weighted by molar-refractivity contribution is 0.0899. The third-order valence-corrected chi connectivity index (χ3v) is 5.62. The molecular weight excluding hydrogens is 400 g/mol. The molecule has 0 saturated heterocycles. The summed E-state index contributed by atoms with van der Waals surface area (Å²) < 4.78 is 26.3. The van der Waals surface area contributed by atoms with Crippen LogP contribution in [0.1, 0.15) is 43.8 Å². The smallest absolute Gasteiger partial charge is 0.251 e. The van der Waals surface area contributed by atoms with Gasteiger partial charge in [-0.2, -0.15) is 0 Å². The zero-order chi connectivity index (χ0) is 22.0. The predicted molar refractivity (Wildman–Crippen MR) is 112 cm³/mol. The number of amides is 1. The van der Waals surface area contributed by atoms with Gasteiger partial charge in [0, 0.05) is 23.6 Å². The molecule has 0 fully saturated rings. The number of carbonyl (C=O) groups is 2. The number of aryl methyl sites for hydroxylation is 1. The lowest BCUT2D eigenvalue weighted by Gasteiger charge is -2.23. The Kier molecular flexibility index (Phi) is 5.80. The molecule has 0 spiro atoms. The fourth-order valence-electron chi connectivity index (χ4n) is 3.91. The van der Waals surface area contributed by atoms with Crippen LogP contribution in [-0.2, 0) is 19.4 Å². The van der Waals surface area contributed by atoms with Gasteiger partial charge in [0.25, 0.3) is 5.91 Å². The first-order valence-electron chi connectivity index (χ1n) is 10.1. The molecule has 0 aromatic heterocycles. The fourth-order valence-corrected chi connectivity index (χ4v) is 3.91. The van der Waals surface area contributed by atoms with Crippen LogP contribution in [0.25, 0.3) is 0 Å². The van der Waals surface area contributed by atoms with Crippen LogP contribution in [0.2, 0.25) is 0 Å². The highest BCUT2D eigenvalue weighted by Crippen LogP contribution is 2.30. The second-order valence-electron chi connectivity index (χ2n) is 7.77. The first-order valence-corrected chi connectivity index (χ1v) is 10.1. The summed E-state index contributed by atoms with van der Waals surface area (Å²) in [7, 11) is 0. The monoisotopic (exact) mass is 421 g/mol. The van der Waals surface area contributed by atoms with Crippen molar-refractivity contribution >= 4 is 11.7 Å². The predicted octanol–water partition coefficient (Wildman–Crippen LogP) is 4.59. The van der Waals surface area contributed by atoms with E-state index in [4.69, 9.17) is 0 Å². The molecule has 1 aliphatic carbocycles. The van der Waals surface area contributed by atoms with Gasteiger partial charge in [0.05, 0.1) is 0 Å². The molecule has 0 bridgehead atoms. The Morgan fingerprint density at radius 2 is 1.71 bits per heavy atom. The Labute approximate surface area is 178 Å². The number of phenols is 1. The van der Waals surface area contributed by atoms with E-state index < -0.39 is 11.6 Å². The van der Waals surface area contributed by atoms with Gasteiger partial charge < -0.3 is 10.4 Å². The number of Topliss-reactive ketones (excluding diaryl/α,β-unsaturated/α-hetero) is 1. The number of halogens is 2. The maximum atomic E-state index is 13.3. The SMILES string of the molecule is O=C(NCc1ccc(F)c(F)c1)c1ccc(CC2CCc3cc(O)ccc3C2=O)cc1. The van der Waals surface area contributed by atoms with Crippen LogP contribution in [0.4, 0.5) is 8.78 Å². The van der Waals surface area contributed by atoms with Crippen molar-refractivity contribution in [2.75, 3.05) is 0 Å². The van der Waals surface area contributed by atoms with E-state index in [2.05, 4.69) is 5.32 Å². The minimum Gasteiger partial charge on any atom is -0.508 e. The summed E-state index contributed by atoms with van der Waals surface area (Å²) in [5, 5.41) is 12.3. The van der Waals surface area contributed by atoms with Crippen LogP contribution >= 0.6 is 0 Å². The Balaban J connectivity index is 1.36. The highest BCUT2D eigenvalue weighted by molar-refractivity contribution is 6.00. The summed E-state index contributed by atoms with van der Waals surface area (Å²) in [4.78, 5) is 25.1. The van der Waals surface area contributed by atoms with Crippen molar-refractivity contribution in [3.05, 3.63) is 100 Å². The van der Waals surface area contributed by atoms with Gasteiger partial charge in [0.15, 0.2) is 17.4 Å². The maximum absolute atomic E-state index is 13.3. The molecule has 6 heteroatoms. The summed E-state index contributed by atoms with van der Waals surface area (Å²) in [5.41, 5.74) is 3.42. The highest BCUT2D eigenvalue weighted by Gasteiger charge is 2.27. The van der Waals surface area contributed by atoms with Gasteiger partial charge in [0.2, 0.25) is 0 Å². The minimum atomic E-state index is -0.951. The Morgan fingerprint density at radius 1 is 0.968 bits per heavy atom. The number of hydrogen-bond donors (Lipinski definition) is 2. The van der Waals surface area contributed by atoms with Gasteiger partial charge in [-0.3, -0.25) is 9.59 Å². The van der Waals surface area contributed by atoms with Crippen molar-refractivity contribution in [1.82, 2.24) is 5.32 Å². The van der Waals surface area contributed by atoms with Crippen LogP contribution in [0.5, 0.6) is 5.75 Å². The van der Waals surface area contributed by atoms with Crippen LogP contribution in [-0.4, -0.2) is 16.8 Å². The van der Waals surface area contributed by atoms with Crippen LogP contribution in [0, 0.1) is 17.6 Å². The lowest BCUT2D eigenvalue weighted by Crippen LogP contribution is -2.24. The summed E-state index contributed by atoms with van der Waals surface area (Å²) >= 11 is 0. The molecule has 1 atom stereocenters. The maximum Gasteiger partial charge on any atom is 0.251 e. The minimum absolute atomic E-state index is 0.0783. The number of fused-ring (bicyclic) bond motifs is 1. The molecule has 31 heavy (non-hydrogen) atoms. The van der Waals surface area contributed by atoms with E-state index in [0.29, 0.717) is 29.5 Å². The normalized spacial score (nSPS) is 15.4. The average molecular weight is 421 g/mol. The van der Waals surface area contributed by atoms with Gasteiger partial charge in [-0.25, -0.2) is 8.78 Å². The number of carbonyl (C=O) groups excluding carboxylic acids is 2. The van der Waals surface area contributed by atoms with Gasteiger partial charge in [-0.15, -0.1) is 0 Å². The van der Waals surface area contributed by atoms with Crippen molar-refractivity contribution in [2.45, 2.75) is 25.8 Å². The van der Waals surface area contributed by atoms with Crippen molar-refractivity contribution < 1.29 is 23.5 Å². The molecule has 0 aliphatic heterocycles. The molecule has 1 unspecified atom stereocenters. The van der Waals surface area contributed by atoms with E-state index in [0.717, 1.165) is 29.7 Å². The molecular formula is C25H21F2NO3. The number of nitrogens with one attached hydrogen (secondary N) is 1. The van der Waals surface area contributed by atoms with E-state index in [1.807, 2.05) is 12.1 Å². The number of ketones is 1. The molecule has 0 saturated carbocycles. The Bertz CT molecular complexity index is 1140. The van der Waals surface area contributed by atoms with E-state index in [1.54, 1.807) is 24.3 Å². The standard InChI is InChI=1S/C25H21F2NO3/c26-22-10-3-16(12-23(22)27)14-28-25(31)17-4-1-15(2-5-17)11-19-7-6-18-13-20(29)8-9-21(18)24(19)30/h1-5,8-10,12-13,19,29H,6-7,11,14H2,(H,28,31). The van der Waals surface area contributed by atoms with Gasteiger partial charge in [0.1, 0.15) is 5.75 Å². The van der Waals surface area contributed by atoms with Gasteiger partial charge in [-0.05, 0) is 78.4 Å². The molecule has 0 heterocycles. The molecule has 3 aromatic carbocycles. The quantitative estimate of drug-likeness (QED) is 0.633. The van der Waals surface area contributed by atoms with E-state index in [1.165, 1.54) is 12.1 Å². The molecule has 0 radical (unpaired) electrons.